The molecule has 0 aromatic rings. The third kappa shape index (κ3) is 12.6. The van der Waals surface area contributed by atoms with Gasteiger partial charge < -0.3 is 14.9 Å². The summed E-state index contributed by atoms with van der Waals surface area (Å²) >= 11 is 4.24. The lowest BCUT2D eigenvalue weighted by molar-refractivity contribution is -0.138. The number of hydrogen-bond acceptors (Lipinski definition) is 4. The van der Waals surface area contributed by atoms with Gasteiger partial charge in [0.15, 0.2) is 0 Å². The van der Waals surface area contributed by atoms with Gasteiger partial charge >= 0.3 is 0 Å². The molecule has 22 heavy (non-hydrogen) atoms. The zero-order valence-corrected chi connectivity index (χ0v) is 18.9. The fraction of sp³-hybridized carbons (Fsp3) is 0.786. The summed E-state index contributed by atoms with van der Waals surface area (Å²) in [5.41, 5.74) is 0. The number of hydrogen-bond donors (Lipinski definition) is 1. The van der Waals surface area contributed by atoms with Crippen LogP contribution in [0.2, 0.25) is 0 Å². The minimum atomic E-state index is -0.560. The molecule has 0 aliphatic carbocycles. The fourth-order valence-corrected chi connectivity index (χ4v) is 1.17. The number of amides is 2. The lowest BCUT2D eigenvalue weighted by atomic mass is 10.1. The van der Waals surface area contributed by atoms with Gasteiger partial charge in [-0.05, 0) is 20.8 Å². The van der Waals surface area contributed by atoms with Crippen LogP contribution in [0.15, 0.2) is 0 Å². The highest BCUT2D eigenvalue weighted by atomic mass is 128. The van der Waals surface area contributed by atoms with Gasteiger partial charge in [0.05, 0.1) is 17.9 Å². The second kappa shape index (κ2) is 14.6. The highest BCUT2D eigenvalue weighted by Gasteiger charge is 2.19. The lowest BCUT2D eigenvalue weighted by Crippen LogP contribution is -2.33. The van der Waals surface area contributed by atoms with Crippen LogP contribution < -0.4 is 0 Å². The van der Waals surface area contributed by atoms with Gasteiger partial charge in [-0.15, -0.1) is 0 Å². The molecule has 0 aliphatic rings. The number of halogens is 2. The monoisotopic (exact) mass is 542 g/mol. The maximum atomic E-state index is 11.1. The summed E-state index contributed by atoms with van der Waals surface area (Å²) < 4.78 is 0. The molecule has 0 rings (SSSR count). The van der Waals surface area contributed by atoms with Crippen LogP contribution in [0.4, 0.5) is 0 Å². The standard InChI is InChI=1S/C7H15NO2.C7H13NO2.I2/c2*1-5(6(2)9)7(10)8(3)4;1-2/h5-6,9H,1-4H3;5H,1-4H3;. The van der Waals surface area contributed by atoms with Crippen molar-refractivity contribution in [2.45, 2.75) is 33.8 Å². The molecule has 0 heterocycles. The van der Waals surface area contributed by atoms with Gasteiger partial charge in [0.25, 0.3) is 0 Å². The van der Waals surface area contributed by atoms with Crippen LogP contribution in [0.25, 0.3) is 0 Å². The van der Waals surface area contributed by atoms with E-state index in [2.05, 4.69) is 37.2 Å². The molecule has 8 heteroatoms. The normalized spacial score (nSPS) is 13.2. The highest BCUT2D eigenvalue weighted by Crippen LogP contribution is 2.04. The maximum Gasteiger partial charge on any atom is 0.232 e. The predicted octanol–water partition coefficient (Wildman–Crippen LogP) is 2.16. The molecule has 3 atom stereocenters. The van der Waals surface area contributed by atoms with Crippen molar-refractivity contribution in [3.63, 3.8) is 0 Å². The molecule has 0 aromatic carbocycles. The van der Waals surface area contributed by atoms with E-state index in [-0.39, 0.29) is 23.5 Å². The van der Waals surface area contributed by atoms with E-state index in [0.717, 1.165) is 0 Å². The number of nitrogens with zero attached hydrogens (tertiary/aromatic N) is 2. The van der Waals surface area contributed by atoms with E-state index in [4.69, 9.17) is 5.11 Å². The Morgan fingerprint density at radius 3 is 1.27 bits per heavy atom. The van der Waals surface area contributed by atoms with Crippen LogP contribution in [0.3, 0.4) is 0 Å². The third-order valence-corrected chi connectivity index (χ3v) is 2.97. The van der Waals surface area contributed by atoms with E-state index < -0.39 is 12.0 Å². The molecular formula is C14H28I2N2O4. The Bertz CT molecular complexity index is 348. The van der Waals surface area contributed by atoms with E-state index in [9.17, 15) is 14.4 Å². The van der Waals surface area contributed by atoms with Crippen LogP contribution in [0.1, 0.15) is 27.7 Å². The molecule has 3 unspecified atom stereocenters. The molecule has 0 spiro atoms. The zero-order valence-electron chi connectivity index (χ0n) is 14.6. The van der Waals surface area contributed by atoms with Gasteiger partial charge in [-0.1, -0.05) is 6.92 Å². The van der Waals surface area contributed by atoms with E-state index in [1.807, 2.05) is 0 Å². The molecule has 0 saturated heterocycles. The lowest BCUT2D eigenvalue weighted by Gasteiger charge is -2.18. The minimum absolute atomic E-state index is 0.0324. The van der Waals surface area contributed by atoms with Gasteiger partial charge in [0.1, 0.15) is 5.78 Å². The molecule has 0 radical (unpaired) electrons. The smallest absolute Gasteiger partial charge is 0.232 e. The second-order valence-electron chi connectivity index (χ2n) is 5.33. The number of rotatable bonds is 4. The molecule has 1 N–H and O–H groups in total. The van der Waals surface area contributed by atoms with Gasteiger partial charge in [-0.2, -0.15) is 0 Å². The highest BCUT2D eigenvalue weighted by molar-refractivity contribution is 15.0. The first-order valence-electron chi connectivity index (χ1n) is 6.68. The molecule has 2 amide bonds. The van der Waals surface area contributed by atoms with Gasteiger partial charge in [0, 0.05) is 65.4 Å². The summed E-state index contributed by atoms with van der Waals surface area (Å²) in [6.45, 7) is 6.37. The SMILES string of the molecule is CC(=O)C(C)C(=O)N(C)C.CC(O)C(C)C(=O)N(C)C.II. The Morgan fingerprint density at radius 2 is 1.18 bits per heavy atom. The minimum Gasteiger partial charge on any atom is -0.393 e. The van der Waals surface area contributed by atoms with Crippen molar-refractivity contribution in [3.8, 4) is 0 Å². The topological polar surface area (TPSA) is 77.9 Å². The molecule has 0 bridgehead atoms. The molecule has 6 nitrogen and oxygen atoms in total. The summed E-state index contributed by atoms with van der Waals surface area (Å²) in [6, 6.07) is 0. The van der Waals surface area contributed by atoms with Gasteiger partial charge in [-0.3, -0.25) is 14.4 Å². The maximum absolute atomic E-state index is 11.1. The summed E-state index contributed by atoms with van der Waals surface area (Å²) in [5.74, 6) is -1.04. The summed E-state index contributed by atoms with van der Waals surface area (Å²) in [4.78, 5) is 35.6. The number of aliphatic hydroxyl groups is 1. The summed E-state index contributed by atoms with van der Waals surface area (Å²) in [7, 11) is 6.64. The van der Waals surface area contributed by atoms with E-state index in [0.29, 0.717) is 0 Å². The fourth-order valence-electron chi connectivity index (χ4n) is 1.17. The van der Waals surface area contributed by atoms with Crippen LogP contribution in [0, 0.1) is 11.8 Å². The van der Waals surface area contributed by atoms with Crippen molar-refractivity contribution < 1.29 is 19.5 Å². The van der Waals surface area contributed by atoms with Gasteiger partial charge in [-0.25, -0.2) is 0 Å². The Kier molecular flexibility index (Phi) is 17.9. The molecule has 0 aromatic heterocycles. The van der Waals surface area contributed by atoms with E-state index in [1.54, 1.807) is 49.0 Å². The van der Waals surface area contributed by atoms with Crippen molar-refractivity contribution in [2.24, 2.45) is 11.8 Å². The van der Waals surface area contributed by atoms with Crippen molar-refractivity contribution in [1.82, 2.24) is 9.80 Å². The zero-order chi connectivity index (χ0) is 18.6. The number of Topliss-reactive ketones (excluding diaryl/α,β-unsaturated/α-hetero) is 1. The van der Waals surface area contributed by atoms with Crippen LogP contribution in [-0.2, 0) is 14.4 Å². The Hall–Kier alpha value is 0.0300. The number of aliphatic hydroxyl groups excluding tert-OH is 1. The first-order chi connectivity index (χ1) is 9.93. The van der Waals surface area contributed by atoms with E-state index in [1.165, 1.54) is 16.7 Å². The Balaban J connectivity index is -0.000000294. The third-order valence-electron chi connectivity index (χ3n) is 2.97. The average molecular weight is 542 g/mol. The number of carbonyl (C=O) groups excluding carboxylic acids is 3. The first-order valence-corrected chi connectivity index (χ1v) is 13.0. The summed E-state index contributed by atoms with van der Waals surface area (Å²) in [5, 5.41) is 8.99. The van der Waals surface area contributed by atoms with Gasteiger partial charge in [0.2, 0.25) is 11.8 Å². The molecule has 0 saturated carbocycles. The van der Waals surface area contributed by atoms with Crippen LogP contribution >= 0.6 is 37.2 Å². The van der Waals surface area contributed by atoms with Crippen LogP contribution in [0.5, 0.6) is 0 Å². The Morgan fingerprint density at radius 1 is 0.864 bits per heavy atom. The molecule has 0 aliphatic heterocycles. The molecule has 0 fully saturated rings. The quantitative estimate of drug-likeness (QED) is 0.437. The second-order valence-corrected chi connectivity index (χ2v) is 5.33. The van der Waals surface area contributed by atoms with Crippen molar-refractivity contribution >= 4 is 54.8 Å². The predicted molar refractivity (Wildman–Crippen MR) is 106 cm³/mol. The number of carbonyl (C=O) groups is 3. The van der Waals surface area contributed by atoms with Crippen molar-refractivity contribution in [3.05, 3.63) is 0 Å². The number of ketones is 1. The van der Waals surface area contributed by atoms with Crippen molar-refractivity contribution in [2.75, 3.05) is 28.2 Å². The Labute approximate surface area is 157 Å². The van der Waals surface area contributed by atoms with Crippen molar-refractivity contribution in [1.29, 1.82) is 0 Å². The van der Waals surface area contributed by atoms with E-state index >= 15 is 0 Å². The first kappa shape index (κ1) is 26.9. The largest absolute Gasteiger partial charge is 0.393 e. The molecular weight excluding hydrogens is 514 g/mol. The van der Waals surface area contributed by atoms with Crippen LogP contribution in [-0.4, -0.2) is 66.8 Å². The molecule has 132 valence electrons. The average Bonchev–Trinajstić information content (AvgIpc) is 2.46. The summed E-state index contributed by atoms with van der Waals surface area (Å²) in [6.07, 6.45) is -0.560.